The maximum absolute atomic E-state index is 11.8. The van der Waals surface area contributed by atoms with Crippen LogP contribution in [0.2, 0.25) is 0 Å². The van der Waals surface area contributed by atoms with Crippen molar-refractivity contribution in [2.24, 2.45) is 5.73 Å². The second kappa shape index (κ2) is 7.99. The molecule has 5 nitrogen and oxygen atoms in total. The van der Waals surface area contributed by atoms with E-state index < -0.39 is 0 Å². The van der Waals surface area contributed by atoms with Crippen molar-refractivity contribution in [1.82, 2.24) is 4.90 Å². The Labute approximate surface area is 144 Å². The number of hydrogen-bond acceptors (Lipinski definition) is 4. The van der Waals surface area contributed by atoms with E-state index in [1.807, 2.05) is 0 Å². The quantitative estimate of drug-likeness (QED) is 0.921. The van der Waals surface area contributed by atoms with Gasteiger partial charge in [-0.1, -0.05) is 30.3 Å². The zero-order valence-corrected chi connectivity index (χ0v) is 14.4. The third-order valence-corrected chi connectivity index (χ3v) is 5.45. The molecule has 1 saturated carbocycles. The molecule has 1 aromatic carbocycles. The van der Waals surface area contributed by atoms with Crippen molar-refractivity contribution in [2.75, 3.05) is 20.3 Å². The summed E-state index contributed by atoms with van der Waals surface area (Å²) in [5.74, 6) is 0.645. The molecule has 24 heavy (non-hydrogen) atoms. The van der Waals surface area contributed by atoms with E-state index in [1.165, 1.54) is 12.7 Å². The lowest BCUT2D eigenvalue weighted by atomic mass is 9.83. The van der Waals surface area contributed by atoms with Crippen LogP contribution in [0.15, 0.2) is 30.3 Å². The Kier molecular flexibility index (Phi) is 5.74. The molecule has 1 saturated heterocycles. The van der Waals surface area contributed by atoms with Crippen molar-refractivity contribution in [2.45, 2.75) is 56.2 Å². The standard InChI is InChI=1S/C19H28N2O3/c1-23-19(22)21-12-11-17(20)18(21)13-24-16-9-7-15(8-10-16)14-5-3-2-4-6-14/h2-6,15-18H,7-13,20H2,1H3/t15?,16?,17-,18?/m0/s1. The second-order valence-corrected chi connectivity index (χ2v) is 6.90. The van der Waals surface area contributed by atoms with Crippen molar-refractivity contribution < 1.29 is 14.3 Å². The minimum atomic E-state index is -0.302. The zero-order chi connectivity index (χ0) is 16.9. The number of carbonyl (C=O) groups is 1. The van der Waals surface area contributed by atoms with Gasteiger partial charge in [0.1, 0.15) is 0 Å². The average Bonchev–Trinajstić information content (AvgIpc) is 3.01. The van der Waals surface area contributed by atoms with Gasteiger partial charge in [0.05, 0.1) is 25.9 Å². The number of methoxy groups -OCH3 is 1. The van der Waals surface area contributed by atoms with Crippen molar-refractivity contribution in [3.8, 4) is 0 Å². The van der Waals surface area contributed by atoms with Crippen LogP contribution in [0.3, 0.4) is 0 Å². The smallest absolute Gasteiger partial charge is 0.409 e. The summed E-state index contributed by atoms with van der Waals surface area (Å²) < 4.78 is 11.0. The second-order valence-electron chi connectivity index (χ2n) is 6.90. The highest BCUT2D eigenvalue weighted by atomic mass is 16.5. The first-order valence-corrected chi connectivity index (χ1v) is 8.95. The Morgan fingerprint density at radius 3 is 2.54 bits per heavy atom. The van der Waals surface area contributed by atoms with Crippen LogP contribution in [-0.4, -0.2) is 49.4 Å². The summed E-state index contributed by atoms with van der Waals surface area (Å²) in [5.41, 5.74) is 7.58. The van der Waals surface area contributed by atoms with Gasteiger partial charge in [0, 0.05) is 12.6 Å². The van der Waals surface area contributed by atoms with E-state index in [1.54, 1.807) is 4.90 Å². The Bertz CT molecular complexity index is 529. The molecule has 1 aromatic rings. The number of hydrogen-bond donors (Lipinski definition) is 1. The largest absolute Gasteiger partial charge is 0.453 e. The SMILES string of the molecule is COC(=O)N1CC[C@H](N)C1COC1CCC(c2ccccc2)CC1. The molecule has 132 valence electrons. The molecule has 3 rings (SSSR count). The lowest BCUT2D eigenvalue weighted by molar-refractivity contribution is -0.00461. The van der Waals surface area contributed by atoms with Crippen LogP contribution in [-0.2, 0) is 9.47 Å². The first-order chi connectivity index (χ1) is 11.7. The molecule has 1 aliphatic carbocycles. The summed E-state index contributed by atoms with van der Waals surface area (Å²) in [6.07, 6.45) is 5.24. The molecule has 2 N–H and O–H groups in total. The molecule has 0 aromatic heterocycles. The van der Waals surface area contributed by atoms with Gasteiger partial charge in [-0.2, -0.15) is 0 Å². The van der Waals surface area contributed by atoms with Crippen LogP contribution in [0, 0.1) is 0 Å². The van der Waals surface area contributed by atoms with Crippen LogP contribution in [0.1, 0.15) is 43.6 Å². The third kappa shape index (κ3) is 3.90. The van der Waals surface area contributed by atoms with Gasteiger partial charge >= 0.3 is 6.09 Å². The number of benzene rings is 1. The molecule has 2 aliphatic rings. The maximum Gasteiger partial charge on any atom is 0.409 e. The third-order valence-electron chi connectivity index (χ3n) is 5.45. The van der Waals surface area contributed by atoms with Gasteiger partial charge in [0.25, 0.3) is 0 Å². The minimum Gasteiger partial charge on any atom is -0.453 e. The Morgan fingerprint density at radius 1 is 1.17 bits per heavy atom. The number of nitrogens with zero attached hydrogens (tertiary/aromatic N) is 1. The van der Waals surface area contributed by atoms with Crippen LogP contribution >= 0.6 is 0 Å². The molecule has 2 fully saturated rings. The Balaban J connectivity index is 1.47. The first kappa shape index (κ1) is 17.2. The molecule has 0 spiro atoms. The number of ether oxygens (including phenoxy) is 2. The van der Waals surface area contributed by atoms with Crippen molar-refractivity contribution in [1.29, 1.82) is 0 Å². The van der Waals surface area contributed by atoms with Gasteiger partial charge < -0.3 is 20.1 Å². The van der Waals surface area contributed by atoms with Crippen molar-refractivity contribution in [3.05, 3.63) is 35.9 Å². The van der Waals surface area contributed by atoms with Gasteiger partial charge in [0.15, 0.2) is 0 Å². The topological polar surface area (TPSA) is 64.8 Å². The lowest BCUT2D eigenvalue weighted by Crippen LogP contribution is -2.46. The molecule has 1 heterocycles. The van der Waals surface area contributed by atoms with Crippen LogP contribution in [0.5, 0.6) is 0 Å². The number of rotatable bonds is 4. The number of nitrogens with two attached hydrogens (primary N) is 1. The van der Waals surface area contributed by atoms with Crippen LogP contribution in [0.4, 0.5) is 4.79 Å². The molecule has 1 aliphatic heterocycles. The lowest BCUT2D eigenvalue weighted by Gasteiger charge is -2.31. The minimum absolute atomic E-state index is 0.0234. The average molecular weight is 332 g/mol. The number of likely N-dealkylation sites (tertiary alicyclic amines) is 1. The summed E-state index contributed by atoms with van der Waals surface area (Å²) >= 11 is 0. The zero-order valence-electron chi connectivity index (χ0n) is 14.4. The van der Waals surface area contributed by atoms with Gasteiger partial charge in [-0.25, -0.2) is 4.79 Å². The summed E-state index contributed by atoms with van der Waals surface area (Å²) in [5, 5.41) is 0. The summed E-state index contributed by atoms with van der Waals surface area (Å²) in [7, 11) is 1.41. The number of amides is 1. The molecular weight excluding hydrogens is 304 g/mol. The highest BCUT2D eigenvalue weighted by Crippen LogP contribution is 2.34. The highest BCUT2D eigenvalue weighted by molar-refractivity contribution is 5.68. The molecular formula is C19H28N2O3. The van der Waals surface area contributed by atoms with Gasteiger partial charge in [-0.15, -0.1) is 0 Å². The van der Waals surface area contributed by atoms with E-state index in [9.17, 15) is 4.79 Å². The first-order valence-electron chi connectivity index (χ1n) is 8.95. The van der Waals surface area contributed by atoms with Crippen LogP contribution < -0.4 is 5.73 Å². The molecule has 1 unspecified atom stereocenters. The number of carbonyl (C=O) groups excluding carboxylic acids is 1. The molecule has 5 heteroatoms. The molecule has 0 radical (unpaired) electrons. The van der Waals surface area contributed by atoms with E-state index in [0.29, 0.717) is 19.1 Å². The van der Waals surface area contributed by atoms with Gasteiger partial charge in [-0.3, -0.25) is 0 Å². The predicted molar refractivity (Wildman–Crippen MR) is 92.9 cm³/mol. The molecule has 2 atom stereocenters. The van der Waals surface area contributed by atoms with E-state index in [0.717, 1.165) is 32.1 Å². The van der Waals surface area contributed by atoms with E-state index in [4.69, 9.17) is 15.2 Å². The van der Waals surface area contributed by atoms with Gasteiger partial charge in [0.2, 0.25) is 0 Å². The van der Waals surface area contributed by atoms with E-state index in [-0.39, 0.29) is 24.3 Å². The molecule has 1 amide bonds. The van der Waals surface area contributed by atoms with Crippen molar-refractivity contribution >= 4 is 6.09 Å². The van der Waals surface area contributed by atoms with Gasteiger partial charge in [-0.05, 0) is 43.6 Å². The maximum atomic E-state index is 11.8. The van der Waals surface area contributed by atoms with Crippen LogP contribution in [0.25, 0.3) is 0 Å². The molecule has 0 bridgehead atoms. The fourth-order valence-electron chi connectivity index (χ4n) is 3.96. The highest BCUT2D eigenvalue weighted by Gasteiger charge is 2.36. The predicted octanol–water partition coefficient (Wildman–Crippen LogP) is 2.90. The summed E-state index contributed by atoms with van der Waals surface area (Å²) in [6.45, 7) is 1.17. The fraction of sp³-hybridized carbons (Fsp3) is 0.632. The summed E-state index contributed by atoms with van der Waals surface area (Å²) in [6, 6.07) is 10.6. The Morgan fingerprint density at radius 2 is 1.88 bits per heavy atom. The summed E-state index contributed by atoms with van der Waals surface area (Å²) in [4.78, 5) is 13.5. The normalized spacial score (nSPS) is 30.3. The van der Waals surface area contributed by atoms with E-state index in [2.05, 4.69) is 30.3 Å². The van der Waals surface area contributed by atoms with Crippen molar-refractivity contribution in [3.63, 3.8) is 0 Å². The fourth-order valence-corrected chi connectivity index (χ4v) is 3.96. The monoisotopic (exact) mass is 332 g/mol. The Hall–Kier alpha value is -1.59. The van der Waals surface area contributed by atoms with E-state index >= 15 is 0 Å².